The first-order valence-corrected chi connectivity index (χ1v) is 8.02. The highest BCUT2D eigenvalue weighted by Gasteiger charge is 2.24. The van der Waals surface area contributed by atoms with Gasteiger partial charge in [0.25, 0.3) is 0 Å². The van der Waals surface area contributed by atoms with Crippen LogP contribution in [0.4, 0.5) is 0 Å². The molecule has 2 heteroatoms. The highest BCUT2D eigenvalue weighted by Crippen LogP contribution is 2.44. The lowest BCUT2D eigenvalue weighted by atomic mass is 10.0. The van der Waals surface area contributed by atoms with Crippen molar-refractivity contribution in [2.75, 3.05) is 0 Å². The molecule has 112 valence electrons. The van der Waals surface area contributed by atoms with Crippen molar-refractivity contribution in [3.8, 4) is 11.3 Å². The van der Waals surface area contributed by atoms with Crippen LogP contribution in [0.2, 0.25) is 0 Å². The van der Waals surface area contributed by atoms with E-state index < -0.39 is 0 Å². The van der Waals surface area contributed by atoms with E-state index in [0.29, 0.717) is 0 Å². The summed E-state index contributed by atoms with van der Waals surface area (Å²) in [5, 5.41) is 1.17. The van der Waals surface area contributed by atoms with Gasteiger partial charge in [0.15, 0.2) is 0 Å². The van der Waals surface area contributed by atoms with Crippen LogP contribution in [0.25, 0.3) is 33.8 Å². The number of fused-ring (bicyclic) bond motifs is 4. The Bertz CT molecular complexity index is 1100. The predicted molar refractivity (Wildman–Crippen MR) is 98.4 cm³/mol. The molecule has 5 rings (SSSR count). The summed E-state index contributed by atoms with van der Waals surface area (Å²) in [5.74, 6) is 0. The summed E-state index contributed by atoms with van der Waals surface area (Å²) in [5.41, 5.74) is 8.14. The molecular weight excluding hydrogens is 292 g/mol. The third-order valence-electron chi connectivity index (χ3n) is 4.50. The van der Waals surface area contributed by atoms with Crippen molar-refractivity contribution in [3.63, 3.8) is 0 Å². The molecule has 0 saturated carbocycles. The highest BCUT2D eigenvalue weighted by atomic mass is 14.7. The quantitative estimate of drug-likeness (QED) is 0.425. The topological polar surface area (TPSA) is 25.8 Å². The van der Waals surface area contributed by atoms with Gasteiger partial charge < -0.3 is 0 Å². The van der Waals surface area contributed by atoms with Gasteiger partial charge in [0.2, 0.25) is 0 Å². The van der Waals surface area contributed by atoms with Gasteiger partial charge in [-0.1, -0.05) is 42.5 Å². The van der Waals surface area contributed by atoms with Crippen LogP contribution in [0, 0.1) is 0 Å². The number of aromatic nitrogens is 2. The van der Waals surface area contributed by atoms with Crippen LogP contribution in [-0.2, 0) is 0 Å². The van der Waals surface area contributed by atoms with Crippen LogP contribution in [0.1, 0.15) is 16.7 Å². The van der Waals surface area contributed by atoms with E-state index in [-0.39, 0.29) is 0 Å². The molecule has 1 aliphatic rings. The van der Waals surface area contributed by atoms with Gasteiger partial charge in [-0.05, 0) is 47.0 Å². The Balaban J connectivity index is 1.83. The van der Waals surface area contributed by atoms with E-state index in [1.165, 1.54) is 27.6 Å². The summed E-state index contributed by atoms with van der Waals surface area (Å²) in [6.45, 7) is 0. The lowest BCUT2D eigenvalue weighted by Gasteiger charge is -2.05. The zero-order valence-corrected chi connectivity index (χ0v) is 13.0. The number of hydrogen-bond acceptors (Lipinski definition) is 2. The molecule has 0 bridgehead atoms. The van der Waals surface area contributed by atoms with Crippen LogP contribution >= 0.6 is 0 Å². The van der Waals surface area contributed by atoms with Crippen LogP contribution in [0.3, 0.4) is 0 Å². The second kappa shape index (κ2) is 5.14. The van der Waals surface area contributed by atoms with Crippen molar-refractivity contribution in [3.05, 3.63) is 95.8 Å². The van der Waals surface area contributed by atoms with Crippen molar-refractivity contribution < 1.29 is 0 Å². The van der Waals surface area contributed by atoms with E-state index in [0.717, 1.165) is 16.8 Å². The average Bonchev–Trinajstić information content (AvgIpc) is 2.94. The Morgan fingerprint density at radius 3 is 2.33 bits per heavy atom. The minimum Gasteiger partial charge on any atom is -0.265 e. The molecule has 4 aromatic rings. The molecule has 0 N–H and O–H groups in total. The summed E-state index contributed by atoms with van der Waals surface area (Å²) < 4.78 is 0. The molecule has 2 heterocycles. The third kappa shape index (κ3) is 1.97. The molecule has 0 saturated heterocycles. The second-order valence-electron chi connectivity index (χ2n) is 5.96. The Kier molecular flexibility index (Phi) is 2.83. The largest absolute Gasteiger partial charge is 0.265 e. The molecule has 1 aliphatic carbocycles. The van der Waals surface area contributed by atoms with Gasteiger partial charge in [-0.3, -0.25) is 4.98 Å². The molecule has 0 unspecified atom stereocenters. The van der Waals surface area contributed by atoms with E-state index in [1.807, 2.05) is 30.6 Å². The Labute approximate surface area is 140 Å². The van der Waals surface area contributed by atoms with Gasteiger partial charge in [-0.2, -0.15) is 0 Å². The highest BCUT2D eigenvalue weighted by molar-refractivity contribution is 6.07. The van der Waals surface area contributed by atoms with E-state index >= 15 is 0 Å². The molecule has 0 spiro atoms. The standard InChI is InChI=1S/C22H14N2/c1-4-8-21-16(5-1)14-20-19(13-15-9-11-23-12-10-15)17-6-2-3-7-18(17)22(20)24-21/h1-14H/b19-13+. The maximum atomic E-state index is 4.94. The molecular formula is C22H14N2. The average molecular weight is 306 g/mol. The summed E-state index contributed by atoms with van der Waals surface area (Å²) >= 11 is 0. The molecule has 0 fully saturated rings. The lowest BCUT2D eigenvalue weighted by Crippen LogP contribution is -1.87. The molecule has 0 radical (unpaired) electrons. The zero-order valence-electron chi connectivity index (χ0n) is 13.0. The van der Waals surface area contributed by atoms with Crippen molar-refractivity contribution in [2.45, 2.75) is 0 Å². The molecule has 24 heavy (non-hydrogen) atoms. The van der Waals surface area contributed by atoms with Gasteiger partial charge in [0, 0.05) is 28.9 Å². The number of benzene rings is 2. The van der Waals surface area contributed by atoms with Gasteiger partial charge >= 0.3 is 0 Å². The van der Waals surface area contributed by atoms with Crippen molar-refractivity contribution >= 4 is 22.6 Å². The SMILES string of the molecule is C(=C1/c2ccccc2-c2nc3ccccc3cc21)/c1ccncc1. The fourth-order valence-electron chi connectivity index (χ4n) is 3.38. The summed E-state index contributed by atoms with van der Waals surface area (Å²) in [6.07, 6.45) is 5.88. The van der Waals surface area contributed by atoms with Crippen molar-refractivity contribution in [1.29, 1.82) is 0 Å². The van der Waals surface area contributed by atoms with E-state index in [1.54, 1.807) is 0 Å². The predicted octanol–water partition coefficient (Wildman–Crippen LogP) is 5.20. The maximum Gasteiger partial charge on any atom is 0.0794 e. The summed E-state index contributed by atoms with van der Waals surface area (Å²) in [6, 6.07) is 23.1. The number of nitrogens with zero attached hydrogens (tertiary/aromatic N) is 2. The summed E-state index contributed by atoms with van der Waals surface area (Å²) in [4.78, 5) is 9.04. The lowest BCUT2D eigenvalue weighted by molar-refractivity contribution is 1.32. The van der Waals surface area contributed by atoms with Gasteiger partial charge in [-0.15, -0.1) is 0 Å². The third-order valence-corrected chi connectivity index (χ3v) is 4.50. The normalized spacial score (nSPS) is 13.9. The number of hydrogen-bond donors (Lipinski definition) is 0. The first kappa shape index (κ1) is 13.2. The van der Waals surface area contributed by atoms with E-state index in [2.05, 4.69) is 59.6 Å². The first-order chi connectivity index (χ1) is 11.9. The van der Waals surface area contributed by atoms with Crippen molar-refractivity contribution in [1.82, 2.24) is 9.97 Å². The Morgan fingerprint density at radius 1 is 0.708 bits per heavy atom. The second-order valence-corrected chi connectivity index (χ2v) is 5.96. The number of pyridine rings is 2. The Hall–Kier alpha value is -3.26. The van der Waals surface area contributed by atoms with Crippen LogP contribution in [-0.4, -0.2) is 9.97 Å². The minimum atomic E-state index is 1.04. The van der Waals surface area contributed by atoms with Gasteiger partial charge in [0.05, 0.1) is 11.2 Å². The number of rotatable bonds is 1. The summed E-state index contributed by atoms with van der Waals surface area (Å²) in [7, 11) is 0. The zero-order chi connectivity index (χ0) is 15.9. The van der Waals surface area contributed by atoms with Crippen LogP contribution in [0.5, 0.6) is 0 Å². The van der Waals surface area contributed by atoms with E-state index in [9.17, 15) is 0 Å². The monoisotopic (exact) mass is 306 g/mol. The number of para-hydroxylation sites is 1. The molecule has 2 nitrogen and oxygen atoms in total. The van der Waals surface area contributed by atoms with Crippen molar-refractivity contribution in [2.24, 2.45) is 0 Å². The molecule has 0 atom stereocenters. The molecule has 0 amide bonds. The Morgan fingerprint density at radius 2 is 1.46 bits per heavy atom. The van der Waals surface area contributed by atoms with Gasteiger partial charge in [0.1, 0.15) is 0 Å². The fraction of sp³-hybridized carbons (Fsp3) is 0. The molecule has 0 aliphatic heterocycles. The van der Waals surface area contributed by atoms with Crippen LogP contribution < -0.4 is 0 Å². The smallest absolute Gasteiger partial charge is 0.0794 e. The molecule has 2 aromatic heterocycles. The van der Waals surface area contributed by atoms with Crippen LogP contribution in [0.15, 0.2) is 79.1 Å². The first-order valence-electron chi connectivity index (χ1n) is 8.02. The van der Waals surface area contributed by atoms with Gasteiger partial charge in [-0.25, -0.2) is 4.98 Å². The molecule has 2 aromatic carbocycles. The maximum absolute atomic E-state index is 4.94. The minimum absolute atomic E-state index is 1.04. The van der Waals surface area contributed by atoms with E-state index in [4.69, 9.17) is 4.98 Å². The fourth-order valence-corrected chi connectivity index (χ4v) is 3.38.